The summed E-state index contributed by atoms with van der Waals surface area (Å²) in [6, 6.07) is -0.381. The van der Waals surface area contributed by atoms with Gasteiger partial charge in [0, 0.05) is 25.3 Å². The summed E-state index contributed by atoms with van der Waals surface area (Å²) in [6.45, 7) is 4.38. The Labute approximate surface area is 124 Å². The number of unbranched alkanes of at least 4 members (excludes halogenated alkanes) is 2. The first kappa shape index (κ1) is 18.2. The van der Waals surface area contributed by atoms with E-state index in [1.165, 1.54) is 0 Å². The van der Waals surface area contributed by atoms with Crippen molar-refractivity contribution in [1.82, 2.24) is 5.09 Å². The smallest absolute Gasteiger partial charge is 0.163 e. The molecule has 7 heteroatoms. The van der Waals surface area contributed by atoms with Gasteiger partial charge in [0.05, 0.1) is 18.5 Å². The molecule has 0 aliphatic carbocycles. The predicted octanol–water partition coefficient (Wildman–Crippen LogP) is 1.65. The highest BCUT2D eigenvalue weighted by Gasteiger charge is 2.38. The maximum Gasteiger partial charge on any atom is 0.163 e. The molecule has 1 aliphatic heterocycles. The zero-order valence-electron chi connectivity index (χ0n) is 12.9. The van der Waals surface area contributed by atoms with Crippen LogP contribution in [0.25, 0.3) is 0 Å². The van der Waals surface area contributed by atoms with Gasteiger partial charge in [-0.15, -0.1) is 0 Å². The third-order valence-electron chi connectivity index (χ3n) is 3.75. The fourth-order valence-corrected chi connectivity index (χ4v) is 4.79. The van der Waals surface area contributed by atoms with Gasteiger partial charge in [-0.1, -0.05) is 19.8 Å². The van der Waals surface area contributed by atoms with Crippen molar-refractivity contribution >= 4 is 15.1 Å². The van der Waals surface area contributed by atoms with Crippen LogP contribution in [0.3, 0.4) is 0 Å². The third kappa shape index (κ3) is 5.16. The van der Waals surface area contributed by atoms with Gasteiger partial charge in [0.2, 0.25) is 0 Å². The Morgan fingerprint density at radius 3 is 2.80 bits per heavy atom. The van der Waals surface area contributed by atoms with Gasteiger partial charge in [-0.2, -0.15) is 0 Å². The first-order chi connectivity index (χ1) is 9.42. The van der Waals surface area contributed by atoms with E-state index in [1.807, 2.05) is 0 Å². The summed E-state index contributed by atoms with van der Waals surface area (Å²) in [5, 5.41) is 3.26. The molecule has 1 aliphatic rings. The Morgan fingerprint density at radius 2 is 2.25 bits per heavy atom. The minimum atomic E-state index is -2.62. The molecule has 20 heavy (non-hydrogen) atoms. The van der Waals surface area contributed by atoms with E-state index in [-0.39, 0.29) is 23.9 Å². The summed E-state index contributed by atoms with van der Waals surface area (Å²) in [5.41, 5.74) is 5.96. The molecule has 2 radical (unpaired) electrons. The van der Waals surface area contributed by atoms with E-state index in [2.05, 4.69) is 12.0 Å². The summed E-state index contributed by atoms with van der Waals surface area (Å²) in [4.78, 5) is 0. The standard InChI is InChI=1S/C13H28BN2O3P/c1-4-5-6-7-20(17,10(2)15)16-11-8-13(14)19-12(11)9-18-3/h10-13H,4-9,15H2,1-3H3,(H,16,17)/t10?,11?,12-,13-,20?/m1/s1. The van der Waals surface area contributed by atoms with Crippen molar-refractivity contribution in [2.75, 3.05) is 19.9 Å². The molecule has 1 rings (SSSR count). The largest absolute Gasteiger partial charge is 0.382 e. The minimum Gasteiger partial charge on any atom is -0.382 e. The molecule has 0 aromatic rings. The fraction of sp³-hybridized carbons (Fsp3) is 1.00. The first-order valence-corrected chi connectivity index (χ1v) is 9.41. The van der Waals surface area contributed by atoms with E-state index >= 15 is 0 Å². The van der Waals surface area contributed by atoms with Crippen molar-refractivity contribution in [1.29, 1.82) is 0 Å². The van der Waals surface area contributed by atoms with Crippen molar-refractivity contribution in [3.8, 4) is 0 Å². The van der Waals surface area contributed by atoms with Gasteiger partial charge < -0.3 is 19.8 Å². The lowest BCUT2D eigenvalue weighted by atomic mass is 9.95. The Hall–Kier alpha value is 0.135. The summed E-state index contributed by atoms with van der Waals surface area (Å²) in [5.74, 6) is -0.362. The topological polar surface area (TPSA) is 73.6 Å². The summed E-state index contributed by atoms with van der Waals surface area (Å²) in [6.07, 6.45) is 4.20. The molecule has 0 amide bonds. The van der Waals surface area contributed by atoms with Crippen molar-refractivity contribution in [2.24, 2.45) is 5.73 Å². The molecule has 0 aromatic carbocycles. The third-order valence-corrected chi connectivity index (χ3v) is 6.82. The Bertz CT molecular complexity index is 331. The average molecular weight is 302 g/mol. The van der Waals surface area contributed by atoms with Gasteiger partial charge in [-0.25, -0.2) is 0 Å². The van der Waals surface area contributed by atoms with Crippen LogP contribution >= 0.6 is 7.29 Å². The van der Waals surface area contributed by atoms with E-state index in [1.54, 1.807) is 14.0 Å². The van der Waals surface area contributed by atoms with Gasteiger partial charge in [0.25, 0.3) is 0 Å². The molecule has 0 bridgehead atoms. The molecule has 1 fully saturated rings. The molecule has 1 saturated heterocycles. The molecular formula is C13H28BN2O3P. The van der Waals surface area contributed by atoms with Crippen molar-refractivity contribution in [3.63, 3.8) is 0 Å². The van der Waals surface area contributed by atoms with Crippen LogP contribution in [-0.4, -0.2) is 51.7 Å². The second-order valence-corrected chi connectivity index (χ2v) is 8.72. The molecule has 3 unspecified atom stereocenters. The Balaban J connectivity index is 2.66. The highest BCUT2D eigenvalue weighted by molar-refractivity contribution is 7.62. The zero-order valence-corrected chi connectivity index (χ0v) is 13.8. The lowest BCUT2D eigenvalue weighted by Crippen LogP contribution is -2.40. The molecule has 5 nitrogen and oxygen atoms in total. The highest BCUT2D eigenvalue weighted by atomic mass is 31.2. The Morgan fingerprint density at radius 1 is 1.55 bits per heavy atom. The maximum absolute atomic E-state index is 13.0. The number of hydrogen-bond donors (Lipinski definition) is 2. The normalized spacial score (nSPS) is 31.1. The number of ether oxygens (including phenoxy) is 2. The highest BCUT2D eigenvalue weighted by Crippen LogP contribution is 2.47. The lowest BCUT2D eigenvalue weighted by Gasteiger charge is -2.29. The summed E-state index contributed by atoms with van der Waals surface area (Å²) < 4.78 is 23.8. The van der Waals surface area contributed by atoms with Crippen LogP contribution in [0.15, 0.2) is 0 Å². The van der Waals surface area contributed by atoms with E-state index in [0.717, 1.165) is 19.3 Å². The molecule has 3 N–H and O–H groups in total. The number of nitrogens with two attached hydrogens (primary N) is 1. The lowest BCUT2D eigenvalue weighted by molar-refractivity contribution is 0.0183. The monoisotopic (exact) mass is 302 g/mol. The molecule has 0 spiro atoms. The second kappa shape index (κ2) is 8.55. The molecule has 0 saturated carbocycles. The minimum absolute atomic E-state index is 0.0524. The molecular weight excluding hydrogens is 274 g/mol. The van der Waals surface area contributed by atoms with Gasteiger partial charge in [-0.05, 0) is 19.8 Å². The van der Waals surface area contributed by atoms with E-state index in [4.69, 9.17) is 23.1 Å². The van der Waals surface area contributed by atoms with Crippen LogP contribution in [0.5, 0.6) is 0 Å². The zero-order chi connectivity index (χ0) is 15.2. The number of hydrogen-bond acceptors (Lipinski definition) is 4. The number of nitrogens with one attached hydrogen (secondary N) is 1. The van der Waals surface area contributed by atoms with Crippen molar-refractivity contribution < 1.29 is 14.0 Å². The SMILES string of the molecule is [B][C@H]1CC(NP(=O)(CCCCC)C(C)N)[C@@H](COC)O1. The van der Waals surface area contributed by atoms with E-state index < -0.39 is 7.29 Å². The van der Waals surface area contributed by atoms with E-state index in [9.17, 15) is 4.57 Å². The van der Waals surface area contributed by atoms with Crippen LogP contribution in [-0.2, 0) is 14.0 Å². The van der Waals surface area contributed by atoms with Gasteiger partial charge in [0.1, 0.15) is 7.85 Å². The maximum atomic E-state index is 13.0. The van der Waals surface area contributed by atoms with Crippen LogP contribution in [0.1, 0.15) is 39.5 Å². The van der Waals surface area contributed by atoms with Crippen LogP contribution in [0, 0.1) is 0 Å². The van der Waals surface area contributed by atoms with E-state index in [0.29, 0.717) is 19.2 Å². The van der Waals surface area contributed by atoms with Crippen LogP contribution < -0.4 is 10.8 Å². The summed E-state index contributed by atoms with van der Waals surface area (Å²) >= 11 is 0. The fourth-order valence-electron chi connectivity index (χ4n) is 2.50. The van der Waals surface area contributed by atoms with Crippen molar-refractivity contribution in [2.45, 2.75) is 63.5 Å². The molecule has 0 aromatic heterocycles. The van der Waals surface area contributed by atoms with Crippen molar-refractivity contribution in [3.05, 3.63) is 0 Å². The number of methoxy groups -OCH3 is 1. The van der Waals surface area contributed by atoms with Crippen LogP contribution in [0.2, 0.25) is 0 Å². The molecule has 116 valence electrons. The Kier molecular flexibility index (Phi) is 7.77. The average Bonchev–Trinajstić information content (AvgIpc) is 2.70. The second-order valence-electron chi connectivity index (χ2n) is 5.61. The van der Waals surface area contributed by atoms with Gasteiger partial charge >= 0.3 is 0 Å². The number of rotatable bonds is 9. The van der Waals surface area contributed by atoms with Crippen LogP contribution in [0.4, 0.5) is 0 Å². The predicted molar refractivity (Wildman–Crippen MR) is 83.5 cm³/mol. The summed E-state index contributed by atoms with van der Waals surface area (Å²) in [7, 11) is 4.82. The quantitative estimate of drug-likeness (QED) is 0.385. The van der Waals surface area contributed by atoms with Gasteiger partial charge in [-0.3, -0.25) is 5.09 Å². The van der Waals surface area contributed by atoms with Gasteiger partial charge in [0.15, 0.2) is 7.29 Å². The first-order valence-electron chi connectivity index (χ1n) is 7.45. The molecule has 5 atom stereocenters. The molecule has 1 heterocycles.